The highest BCUT2D eigenvalue weighted by Gasteiger charge is 2.33. The number of benzene rings is 1. The van der Waals surface area contributed by atoms with Crippen LogP contribution in [0.25, 0.3) is 5.57 Å². The summed E-state index contributed by atoms with van der Waals surface area (Å²) in [5, 5.41) is 0. The molecule has 8 heteroatoms. The molecule has 0 spiro atoms. The van der Waals surface area contributed by atoms with Crippen LogP contribution >= 0.6 is 12.2 Å². The monoisotopic (exact) mass is 369 g/mol. The van der Waals surface area contributed by atoms with Gasteiger partial charge in [-0.3, -0.25) is 0 Å². The summed E-state index contributed by atoms with van der Waals surface area (Å²) in [4.78, 5) is 1.24. The zero-order valence-corrected chi connectivity index (χ0v) is 13.9. The van der Waals surface area contributed by atoms with E-state index < -0.39 is 29.2 Å². The molecule has 0 saturated carbocycles. The molecule has 0 aliphatic carbocycles. The molecule has 1 rings (SSSR count). The molecule has 0 aliphatic heterocycles. The minimum absolute atomic E-state index is 0.0166. The number of hydrogen-bond acceptors (Lipinski definition) is 2. The summed E-state index contributed by atoms with van der Waals surface area (Å²) >= 11 is 4.86. The molecule has 0 radical (unpaired) electrons. The van der Waals surface area contributed by atoms with Crippen LogP contribution in [0.5, 0.6) is 0 Å². The quantitative estimate of drug-likeness (QED) is 0.359. The standard InChI is InChI=1S/C16H17F6NS/c1-3-23(4-2)10-13(14(24)9-15(17,18)19)11-6-5-7-12(8-11)16(20,21)22/h5-8,10H,3-4,9H2,1-2H3. The molecule has 0 unspecified atom stereocenters. The van der Waals surface area contributed by atoms with Crippen molar-refractivity contribution in [2.75, 3.05) is 13.1 Å². The molecule has 0 saturated heterocycles. The highest BCUT2D eigenvalue weighted by molar-refractivity contribution is 7.81. The van der Waals surface area contributed by atoms with E-state index in [9.17, 15) is 26.3 Å². The Kier molecular flexibility index (Phi) is 6.83. The minimum atomic E-state index is -4.58. The van der Waals surface area contributed by atoms with E-state index in [1.54, 1.807) is 18.7 Å². The zero-order chi connectivity index (χ0) is 18.5. The van der Waals surface area contributed by atoms with Crippen molar-refractivity contribution in [1.29, 1.82) is 0 Å². The highest BCUT2D eigenvalue weighted by atomic mass is 32.1. The average molecular weight is 369 g/mol. The number of hydrogen-bond donors (Lipinski definition) is 0. The van der Waals surface area contributed by atoms with E-state index in [2.05, 4.69) is 0 Å². The van der Waals surface area contributed by atoms with Gasteiger partial charge in [0, 0.05) is 29.7 Å². The molecule has 134 valence electrons. The third-order valence-electron chi connectivity index (χ3n) is 3.29. The lowest BCUT2D eigenvalue weighted by Gasteiger charge is -2.20. The van der Waals surface area contributed by atoms with E-state index in [1.807, 2.05) is 0 Å². The Balaban J connectivity index is 3.35. The second-order valence-corrected chi connectivity index (χ2v) is 5.55. The first-order valence-electron chi connectivity index (χ1n) is 7.21. The number of thiocarbonyl (C=S) groups is 1. The Morgan fingerprint density at radius 2 is 1.67 bits per heavy atom. The molecular weight excluding hydrogens is 352 g/mol. The molecule has 1 aromatic carbocycles. The molecule has 0 aromatic heterocycles. The summed E-state index contributed by atoms with van der Waals surface area (Å²) in [6, 6.07) is 4.17. The lowest BCUT2D eigenvalue weighted by molar-refractivity contribution is -0.137. The van der Waals surface area contributed by atoms with E-state index >= 15 is 0 Å². The third kappa shape index (κ3) is 6.14. The molecule has 0 aliphatic rings. The van der Waals surface area contributed by atoms with Crippen LogP contribution in [0.4, 0.5) is 26.3 Å². The van der Waals surface area contributed by atoms with Gasteiger partial charge in [-0.05, 0) is 31.5 Å². The van der Waals surface area contributed by atoms with Crippen molar-refractivity contribution in [3.05, 3.63) is 41.6 Å². The van der Waals surface area contributed by atoms with E-state index in [0.717, 1.165) is 18.2 Å². The molecule has 0 atom stereocenters. The Morgan fingerprint density at radius 3 is 2.12 bits per heavy atom. The van der Waals surface area contributed by atoms with Gasteiger partial charge in [-0.1, -0.05) is 24.4 Å². The van der Waals surface area contributed by atoms with Crippen molar-refractivity contribution in [3.63, 3.8) is 0 Å². The van der Waals surface area contributed by atoms with Gasteiger partial charge in [0.2, 0.25) is 0 Å². The fourth-order valence-electron chi connectivity index (χ4n) is 2.04. The first kappa shape index (κ1) is 20.5. The van der Waals surface area contributed by atoms with Crippen LogP contribution in [0, 0.1) is 0 Å². The summed E-state index contributed by atoms with van der Waals surface area (Å²) in [6.07, 6.45) is -9.07. The topological polar surface area (TPSA) is 3.24 Å². The fraction of sp³-hybridized carbons (Fsp3) is 0.438. The second-order valence-electron chi connectivity index (χ2n) is 5.06. The Bertz CT molecular complexity index is 599. The zero-order valence-electron chi connectivity index (χ0n) is 13.1. The molecular formula is C16H17F6NS. The lowest BCUT2D eigenvalue weighted by atomic mass is 9.99. The number of nitrogens with zero attached hydrogens (tertiary/aromatic N) is 1. The lowest BCUT2D eigenvalue weighted by Crippen LogP contribution is -2.20. The van der Waals surface area contributed by atoms with Crippen LogP contribution in [0.2, 0.25) is 0 Å². The predicted octanol–water partition coefficient (Wildman–Crippen LogP) is 5.71. The molecule has 1 aromatic rings. The van der Waals surface area contributed by atoms with E-state index in [1.165, 1.54) is 12.3 Å². The van der Waals surface area contributed by atoms with Gasteiger partial charge < -0.3 is 4.90 Å². The normalized spacial score (nSPS) is 13.1. The fourth-order valence-corrected chi connectivity index (χ4v) is 2.37. The van der Waals surface area contributed by atoms with Crippen molar-refractivity contribution in [1.82, 2.24) is 4.90 Å². The molecule has 0 amide bonds. The smallest absolute Gasteiger partial charge is 0.377 e. The minimum Gasteiger partial charge on any atom is -0.377 e. The third-order valence-corrected chi connectivity index (χ3v) is 3.65. The molecule has 0 bridgehead atoms. The first-order valence-corrected chi connectivity index (χ1v) is 7.62. The summed E-state index contributed by atoms with van der Waals surface area (Å²) in [5.74, 6) is 0. The SMILES string of the molecule is CCN(C=C(C(=S)CC(F)(F)F)c1cccc(C(F)(F)F)c1)CC. The number of rotatable bonds is 6. The molecule has 24 heavy (non-hydrogen) atoms. The van der Waals surface area contributed by atoms with Crippen LogP contribution in [0.1, 0.15) is 31.4 Å². The van der Waals surface area contributed by atoms with Gasteiger partial charge in [0.15, 0.2) is 0 Å². The largest absolute Gasteiger partial charge is 0.416 e. The summed E-state index contributed by atoms with van der Waals surface area (Å²) in [5.41, 5.74) is -0.927. The van der Waals surface area contributed by atoms with Crippen LogP contribution in [0.15, 0.2) is 30.5 Å². The van der Waals surface area contributed by atoms with E-state index in [4.69, 9.17) is 12.2 Å². The van der Waals surface area contributed by atoms with Gasteiger partial charge in [0.05, 0.1) is 12.0 Å². The number of allylic oxidation sites excluding steroid dienone is 1. The van der Waals surface area contributed by atoms with Crippen LogP contribution in [-0.4, -0.2) is 29.0 Å². The number of halogens is 6. The Morgan fingerprint density at radius 1 is 1.08 bits per heavy atom. The number of alkyl halides is 6. The average Bonchev–Trinajstić information content (AvgIpc) is 2.46. The van der Waals surface area contributed by atoms with Gasteiger partial charge in [-0.25, -0.2) is 0 Å². The van der Waals surface area contributed by atoms with Crippen molar-refractivity contribution in [2.24, 2.45) is 0 Å². The Labute approximate surface area is 142 Å². The van der Waals surface area contributed by atoms with E-state index in [-0.39, 0.29) is 11.1 Å². The highest BCUT2D eigenvalue weighted by Crippen LogP contribution is 2.33. The molecule has 0 N–H and O–H groups in total. The van der Waals surface area contributed by atoms with Crippen LogP contribution in [-0.2, 0) is 6.18 Å². The van der Waals surface area contributed by atoms with Gasteiger partial charge >= 0.3 is 12.4 Å². The van der Waals surface area contributed by atoms with Crippen molar-refractivity contribution in [3.8, 4) is 0 Å². The van der Waals surface area contributed by atoms with Gasteiger partial charge in [-0.15, -0.1) is 0 Å². The Hall–Kier alpha value is -1.57. The van der Waals surface area contributed by atoms with Crippen LogP contribution < -0.4 is 0 Å². The summed E-state index contributed by atoms with van der Waals surface area (Å²) < 4.78 is 76.5. The summed E-state index contributed by atoms with van der Waals surface area (Å²) in [7, 11) is 0. The molecule has 0 heterocycles. The van der Waals surface area contributed by atoms with Gasteiger partial charge in [-0.2, -0.15) is 26.3 Å². The van der Waals surface area contributed by atoms with Crippen molar-refractivity contribution < 1.29 is 26.3 Å². The van der Waals surface area contributed by atoms with Gasteiger partial charge in [0.25, 0.3) is 0 Å². The maximum atomic E-state index is 12.9. The van der Waals surface area contributed by atoms with E-state index in [0.29, 0.717) is 13.1 Å². The van der Waals surface area contributed by atoms with Crippen molar-refractivity contribution in [2.45, 2.75) is 32.6 Å². The maximum Gasteiger partial charge on any atom is 0.416 e. The van der Waals surface area contributed by atoms with Gasteiger partial charge in [0.1, 0.15) is 0 Å². The summed E-state index contributed by atoms with van der Waals surface area (Å²) in [6.45, 7) is 4.56. The maximum absolute atomic E-state index is 12.9. The predicted molar refractivity (Wildman–Crippen MR) is 85.6 cm³/mol. The first-order chi connectivity index (χ1) is 11.0. The molecule has 0 fully saturated rings. The van der Waals surface area contributed by atoms with Crippen LogP contribution in [0.3, 0.4) is 0 Å². The van der Waals surface area contributed by atoms with Crippen molar-refractivity contribution >= 4 is 22.7 Å². The molecule has 1 nitrogen and oxygen atoms in total. The second kappa shape index (κ2) is 8.00.